The summed E-state index contributed by atoms with van der Waals surface area (Å²) in [5.41, 5.74) is 0. The number of hydrogen-bond donors (Lipinski definition) is 2. The van der Waals surface area contributed by atoms with Gasteiger partial charge in [-0.15, -0.1) is 6.58 Å². The van der Waals surface area contributed by atoms with E-state index < -0.39 is 12.2 Å². The Bertz CT molecular complexity index is 145. The maximum Gasteiger partial charge on any atom is 0.0624 e. The van der Waals surface area contributed by atoms with E-state index in [-0.39, 0.29) is 11.8 Å². The van der Waals surface area contributed by atoms with Gasteiger partial charge in [0.2, 0.25) is 0 Å². The molecular formula is C11H22O2. The molecule has 0 heterocycles. The van der Waals surface area contributed by atoms with Crippen LogP contribution < -0.4 is 0 Å². The molecule has 78 valence electrons. The molecule has 0 unspecified atom stereocenters. The van der Waals surface area contributed by atoms with Gasteiger partial charge in [0.1, 0.15) is 0 Å². The highest BCUT2D eigenvalue weighted by Crippen LogP contribution is 2.20. The van der Waals surface area contributed by atoms with Gasteiger partial charge in [0.25, 0.3) is 0 Å². The first kappa shape index (κ1) is 12.7. The molecule has 13 heavy (non-hydrogen) atoms. The Balaban J connectivity index is 4.06. The Morgan fingerprint density at radius 3 is 2.23 bits per heavy atom. The summed E-state index contributed by atoms with van der Waals surface area (Å²) in [5.74, 6) is 0.169. The highest BCUT2D eigenvalue weighted by molar-refractivity contribution is 4.81. The molecule has 0 aromatic carbocycles. The first-order valence-corrected chi connectivity index (χ1v) is 5.01. The van der Waals surface area contributed by atoms with Crippen LogP contribution in [0.1, 0.15) is 33.6 Å². The molecule has 0 aliphatic heterocycles. The fourth-order valence-corrected chi connectivity index (χ4v) is 1.37. The van der Waals surface area contributed by atoms with Crippen molar-refractivity contribution in [3.63, 3.8) is 0 Å². The van der Waals surface area contributed by atoms with Gasteiger partial charge >= 0.3 is 0 Å². The average Bonchev–Trinajstić information content (AvgIpc) is 2.14. The second-order valence-corrected chi connectivity index (χ2v) is 3.83. The van der Waals surface area contributed by atoms with Crippen molar-refractivity contribution in [3.8, 4) is 0 Å². The highest BCUT2D eigenvalue weighted by Gasteiger charge is 2.24. The van der Waals surface area contributed by atoms with E-state index >= 15 is 0 Å². The SMILES string of the molecule is C=CC[C@H](O)[C@H](C)[C@@H](O)[C@@H](C)CC. The molecule has 0 bridgehead atoms. The number of aliphatic hydroxyl groups excluding tert-OH is 2. The van der Waals surface area contributed by atoms with Gasteiger partial charge in [-0.2, -0.15) is 0 Å². The van der Waals surface area contributed by atoms with Gasteiger partial charge in [0.15, 0.2) is 0 Å². The van der Waals surface area contributed by atoms with E-state index in [2.05, 4.69) is 6.58 Å². The van der Waals surface area contributed by atoms with Gasteiger partial charge < -0.3 is 10.2 Å². The molecule has 0 aliphatic rings. The van der Waals surface area contributed by atoms with Gasteiger partial charge in [-0.25, -0.2) is 0 Å². The summed E-state index contributed by atoms with van der Waals surface area (Å²) in [6.07, 6.45) is 2.28. The minimum atomic E-state index is -0.471. The van der Waals surface area contributed by atoms with E-state index in [1.54, 1.807) is 6.08 Å². The summed E-state index contributed by atoms with van der Waals surface area (Å²) < 4.78 is 0. The first-order valence-electron chi connectivity index (χ1n) is 5.01. The number of hydrogen-bond acceptors (Lipinski definition) is 2. The first-order chi connectivity index (χ1) is 6.04. The van der Waals surface area contributed by atoms with Crippen LogP contribution in [0.25, 0.3) is 0 Å². The second-order valence-electron chi connectivity index (χ2n) is 3.83. The Morgan fingerprint density at radius 1 is 1.31 bits per heavy atom. The molecule has 0 rings (SSSR count). The molecule has 2 heteroatoms. The lowest BCUT2D eigenvalue weighted by molar-refractivity contribution is -0.00545. The minimum absolute atomic E-state index is 0.0760. The molecule has 0 radical (unpaired) electrons. The molecule has 0 saturated carbocycles. The molecule has 4 atom stereocenters. The van der Waals surface area contributed by atoms with Crippen LogP contribution in [0, 0.1) is 11.8 Å². The largest absolute Gasteiger partial charge is 0.392 e. The predicted molar refractivity (Wildman–Crippen MR) is 55.4 cm³/mol. The number of aliphatic hydroxyl groups is 2. The molecule has 0 amide bonds. The summed E-state index contributed by atoms with van der Waals surface area (Å²) in [7, 11) is 0. The van der Waals surface area contributed by atoms with Crippen LogP contribution in [0.5, 0.6) is 0 Å². The highest BCUT2D eigenvalue weighted by atomic mass is 16.3. The Morgan fingerprint density at radius 2 is 1.85 bits per heavy atom. The summed E-state index contributed by atoms with van der Waals surface area (Å²) >= 11 is 0. The van der Waals surface area contributed by atoms with Crippen LogP contribution in [0.3, 0.4) is 0 Å². The molecule has 2 N–H and O–H groups in total. The molecule has 0 spiro atoms. The third-order valence-electron chi connectivity index (χ3n) is 2.78. The summed E-state index contributed by atoms with van der Waals surface area (Å²) in [6.45, 7) is 9.49. The van der Waals surface area contributed by atoms with Crippen molar-refractivity contribution < 1.29 is 10.2 Å². The normalized spacial score (nSPS) is 20.4. The second kappa shape index (κ2) is 6.17. The van der Waals surface area contributed by atoms with Crippen molar-refractivity contribution >= 4 is 0 Å². The van der Waals surface area contributed by atoms with Crippen LogP contribution >= 0.6 is 0 Å². The molecule has 0 saturated heterocycles. The monoisotopic (exact) mass is 186 g/mol. The van der Waals surface area contributed by atoms with E-state index in [0.29, 0.717) is 6.42 Å². The third-order valence-corrected chi connectivity index (χ3v) is 2.78. The van der Waals surface area contributed by atoms with Gasteiger partial charge in [0.05, 0.1) is 12.2 Å². The molecule has 0 fully saturated rings. The lowest BCUT2D eigenvalue weighted by Crippen LogP contribution is -2.33. The van der Waals surface area contributed by atoms with Crippen molar-refractivity contribution in [2.75, 3.05) is 0 Å². The van der Waals surface area contributed by atoms with Crippen LogP contribution in [-0.4, -0.2) is 22.4 Å². The van der Waals surface area contributed by atoms with Gasteiger partial charge in [-0.3, -0.25) is 0 Å². The molecule has 0 aromatic rings. The van der Waals surface area contributed by atoms with Gasteiger partial charge in [-0.05, 0) is 12.3 Å². The standard InChI is InChI=1S/C11H22O2/c1-5-7-10(12)9(4)11(13)8(3)6-2/h5,8-13H,1,6-7H2,2-4H3/t8-,9-,10-,11-/m0/s1. The quantitative estimate of drug-likeness (QED) is 0.623. The van der Waals surface area contributed by atoms with E-state index in [1.165, 1.54) is 0 Å². The summed E-state index contributed by atoms with van der Waals surface area (Å²) in [6, 6.07) is 0. The lowest BCUT2D eigenvalue weighted by atomic mass is 9.87. The van der Waals surface area contributed by atoms with E-state index in [4.69, 9.17) is 0 Å². The predicted octanol–water partition coefficient (Wildman–Crippen LogP) is 1.97. The fourth-order valence-electron chi connectivity index (χ4n) is 1.37. The zero-order valence-electron chi connectivity index (χ0n) is 8.90. The smallest absolute Gasteiger partial charge is 0.0624 e. The maximum absolute atomic E-state index is 9.79. The zero-order chi connectivity index (χ0) is 10.4. The Kier molecular flexibility index (Phi) is 6.00. The van der Waals surface area contributed by atoms with Crippen molar-refractivity contribution in [1.29, 1.82) is 0 Å². The van der Waals surface area contributed by atoms with E-state index in [0.717, 1.165) is 6.42 Å². The molecule has 0 aliphatic carbocycles. The van der Waals surface area contributed by atoms with Crippen molar-refractivity contribution in [2.24, 2.45) is 11.8 Å². The maximum atomic E-state index is 9.79. The minimum Gasteiger partial charge on any atom is -0.392 e. The Labute approximate surface area is 81.3 Å². The van der Waals surface area contributed by atoms with Crippen molar-refractivity contribution in [2.45, 2.75) is 45.8 Å². The van der Waals surface area contributed by atoms with Gasteiger partial charge in [-0.1, -0.05) is 33.3 Å². The average molecular weight is 186 g/mol. The van der Waals surface area contributed by atoms with Crippen LogP contribution in [-0.2, 0) is 0 Å². The topological polar surface area (TPSA) is 40.5 Å². The zero-order valence-corrected chi connectivity index (χ0v) is 8.90. The van der Waals surface area contributed by atoms with Crippen molar-refractivity contribution in [3.05, 3.63) is 12.7 Å². The summed E-state index contributed by atoms with van der Waals surface area (Å²) in [5, 5.41) is 19.4. The van der Waals surface area contributed by atoms with Gasteiger partial charge in [0, 0.05) is 5.92 Å². The third kappa shape index (κ3) is 3.92. The number of rotatable bonds is 6. The molecule has 2 nitrogen and oxygen atoms in total. The van der Waals surface area contributed by atoms with Crippen LogP contribution in [0.4, 0.5) is 0 Å². The van der Waals surface area contributed by atoms with Crippen LogP contribution in [0.2, 0.25) is 0 Å². The van der Waals surface area contributed by atoms with E-state index in [9.17, 15) is 10.2 Å². The molecule has 0 aromatic heterocycles. The summed E-state index contributed by atoms with van der Waals surface area (Å²) in [4.78, 5) is 0. The van der Waals surface area contributed by atoms with E-state index in [1.807, 2.05) is 20.8 Å². The Hall–Kier alpha value is -0.340. The van der Waals surface area contributed by atoms with Crippen molar-refractivity contribution in [1.82, 2.24) is 0 Å². The molecular weight excluding hydrogens is 164 g/mol. The van der Waals surface area contributed by atoms with Crippen LogP contribution in [0.15, 0.2) is 12.7 Å². The lowest BCUT2D eigenvalue weighted by Gasteiger charge is -2.27. The fraction of sp³-hybridized carbons (Fsp3) is 0.818.